The lowest BCUT2D eigenvalue weighted by atomic mass is 9.83. The predicted molar refractivity (Wildman–Crippen MR) is 98.9 cm³/mol. The van der Waals surface area contributed by atoms with Crippen molar-refractivity contribution >= 4 is 23.4 Å². The van der Waals surface area contributed by atoms with E-state index in [9.17, 15) is 0 Å². The molecular weight excluding hydrogens is 338 g/mol. The van der Waals surface area contributed by atoms with E-state index in [1.807, 2.05) is 0 Å². The van der Waals surface area contributed by atoms with Crippen LogP contribution in [0.25, 0.3) is 0 Å². The van der Waals surface area contributed by atoms with Crippen molar-refractivity contribution in [3.63, 3.8) is 0 Å². The van der Waals surface area contributed by atoms with Crippen molar-refractivity contribution in [1.29, 1.82) is 0 Å². The van der Waals surface area contributed by atoms with Gasteiger partial charge in [-0.3, -0.25) is 10.9 Å². The van der Waals surface area contributed by atoms with E-state index in [-0.39, 0.29) is 0 Å². The molecule has 7 nitrogen and oxygen atoms in total. The Morgan fingerprint density at radius 3 is 2.84 bits per heavy atom. The molecule has 4 fully saturated rings. The molecule has 8 heteroatoms. The van der Waals surface area contributed by atoms with Gasteiger partial charge in [0.05, 0.1) is 6.20 Å². The molecule has 0 radical (unpaired) electrons. The van der Waals surface area contributed by atoms with Crippen LogP contribution in [0.1, 0.15) is 32.1 Å². The zero-order valence-corrected chi connectivity index (χ0v) is 15.1. The lowest BCUT2D eigenvalue weighted by Gasteiger charge is -2.34. The number of hydrogen-bond acceptors (Lipinski definition) is 7. The fourth-order valence-electron chi connectivity index (χ4n) is 4.90. The molecule has 4 aliphatic rings. The maximum absolute atomic E-state index is 6.39. The molecule has 1 aliphatic carbocycles. The summed E-state index contributed by atoms with van der Waals surface area (Å²) in [6.45, 7) is 3.03. The maximum Gasteiger partial charge on any atom is 0.227 e. The minimum atomic E-state index is 0.433. The SMILES string of the molecule is Clc1cnc(N2CC3CCC(C2)N3)nc1NC1CCC2NNCC2C1. The van der Waals surface area contributed by atoms with Crippen molar-refractivity contribution in [1.82, 2.24) is 26.1 Å². The molecule has 0 aromatic carbocycles. The predicted octanol–water partition coefficient (Wildman–Crippen LogP) is 1.13. The van der Waals surface area contributed by atoms with Crippen molar-refractivity contribution in [2.45, 2.75) is 56.3 Å². The lowest BCUT2D eigenvalue weighted by molar-refractivity contribution is 0.314. The quantitative estimate of drug-likeness (QED) is 0.641. The summed E-state index contributed by atoms with van der Waals surface area (Å²) in [4.78, 5) is 11.6. The van der Waals surface area contributed by atoms with Crippen molar-refractivity contribution in [2.75, 3.05) is 29.9 Å². The van der Waals surface area contributed by atoms with Crippen molar-refractivity contribution < 1.29 is 0 Å². The summed E-state index contributed by atoms with van der Waals surface area (Å²) in [5.74, 6) is 2.29. The Kier molecular flexibility index (Phi) is 4.20. The number of anilines is 2. The van der Waals surface area contributed by atoms with Crippen LogP contribution in [0.3, 0.4) is 0 Å². The van der Waals surface area contributed by atoms with Crippen LogP contribution < -0.4 is 26.4 Å². The van der Waals surface area contributed by atoms with Gasteiger partial charge in [0.15, 0.2) is 5.82 Å². The average Bonchev–Trinajstić information content (AvgIpc) is 3.22. The topological polar surface area (TPSA) is 77.1 Å². The second-order valence-corrected chi connectivity index (χ2v) is 8.36. The van der Waals surface area contributed by atoms with Gasteiger partial charge in [0.2, 0.25) is 5.95 Å². The van der Waals surface area contributed by atoms with Gasteiger partial charge < -0.3 is 15.5 Å². The van der Waals surface area contributed by atoms with Crippen LogP contribution in [-0.2, 0) is 0 Å². The van der Waals surface area contributed by atoms with Crippen LogP contribution in [-0.4, -0.2) is 53.8 Å². The minimum Gasteiger partial charge on any atom is -0.366 e. The molecular formula is C17H26ClN7. The zero-order chi connectivity index (χ0) is 16.8. The molecule has 4 heterocycles. The first-order chi connectivity index (χ1) is 12.2. The summed E-state index contributed by atoms with van der Waals surface area (Å²) < 4.78 is 0. The van der Waals surface area contributed by atoms with Gasteiger partial charge in [0.1, 0.15) is 5.02 Å². The van der Waals surface area contributed by atoms with Gasteiger partial charge in [-0.25, -0.2) is 4.98 Å². The van der Waals surface area contributed by atoms with Gasteiger partial charge in [0.25, 0.3) is 0 Å². The maximum atomic E-state index is 6.39. The number of piperazine rings is 1. The summed E-state index contributed by atoms with van der Waals surface area (Å²) in [6, 6.07) is 2.20. The van der Waals surface area contributed by atoms with Crippen LogP contribution in [0, 0.1) is 5.92 Å². The Bertz CT molecular complexity index is 629. The van der Waals surface area contributed by atoms with Crippen molar-refractivity contribution in [2.24, 2.45) is 5.92 Å². The van der Waals surface area contributed by atoms with Gasteiger partial charge in [0, 0.05) is 43.8 Å². The molecule has 0 spiro atoms. The van der Waals surface area contributed by atoms with Gasteiger partial charge in [-0.15, -0.1) is 0 Å². The number of aromatic nitrogens is 2. The van der Waals surface area contributed by atoms with E-state index in [2.05, 4.69) is 31.4 Å². The van der Waals surface area contributed by atoms with E-state index >= 15 is 0 Å². The number of halogens is 1. The van der Waals surface area contributed by atoms with Crippen molar-refractivity contribution in [3.8, 4) is 0 Å². The molecule has 1 saturated carbocycles. The van der Waals surface area contributed by atoms with E-state index < -0.39 is 0 Å². The van der Waals surface area contributed by atoms with E-state index in [4.69, 9.17) is 16.6 Å². The average molecular weight is 364 g/mol. The van der Waals surface area contributed by atoms with Gasteiger partial charge in [-0.2, -0.15) is 4.98 Å². The second-order valence-electron chi connectivity index (χ2n) is 7.96. The molecule has 5 rings (SSSR count). The summed E-state index contributed by atoms with van der Waals surface area (Å²) in [6.07, 6.45) is 7.74. The first-order valence-electron chi connectivity index (χ1n) is 9.53. The molecule has 2 bridgehead atoms. The lowest BCUT2D eigenvalue weighted by Crippen LogP contribution is -2.51. The Balaban J connectivity index is 1.30. The van der Waals surface area contributed by atoms with Crippen LogP contribution in [0.4, 0.5) is 11.8 Å². The largest absolute Gasteiger partial charge is 0.366 e. The molecule has 5 unspecified atom stereocenters. The number of nitrogens with zero attached hydrogens (tertiary/aromatic N) is 3. The van der Waals surface area contributed by atoms with Crippen molar-refractivity contribution in [3.05, 3.63) is 11.2 Å². The normalized spacial score (nSPS) is 37.2. The number of nitrogens with one attached hydrogen (secondary N) is 4. The molecule has 1 aromatic heterocycles. The Labute approximate surface area is 153 Å². The zero-order valence-electron chi connectivity index (χ0n) is 14.3. The Morgan fingerprint density at radius 1 is 1.16 bits per heavy atom. The molecule has 25 heavy (non-hydrogen) atoms. The van der Waals surface area contributed by atoms with E-state index in [0.717, 1.165) is 44.2 Å². The third-order valence-corrected chi connectivity index (χ3v) is 6.48. The summed E-state index contributed by atoms with van der Waals surface area (Å²) in [5, 5.41) is 7.87. The first-order valence-corrected chi connectivity index (χ1v) is 9.91. The van der Waals surface area contributed by atoms with Crippen LogP contribution in [0.15, 0.2) is 6.20 Å². The summed E-state index contributed by atoms with van der Waals surface area (Å²) in [5.41, 5.74) is 6.66. The Hall–Kier alpha value is -1.15. The fraction of sp³-hybridized carbons (Fsp3) is 0.765. The standard InChI is InChI=1S/C17H26ClN7/c18-14-7-19-17(25-8-12-1-2-13(9-25)21-12)23-16(14)22-11-3-4-15-10(5-11)6-20-24-15/h7,10-13,15,20-21,24H,1-6,8-9H2,(H,19,22,23). The molecule has 3 saturated heterocycles. The fourth-order valence-corrected chi connectivity index (χ4v) is 5.04. The smallest absolute Gasteiger partial charge is 0.227 e. The highest BCUT2D eigenvalue weighted by molar-refractivity contribution is 6.32. The Morgan fingerprint density at radius 2 is 2.00 bits per heavy atom. The summed E-state index contributed by atoms with van der Waals surface area (Å²) >= 11 is 6.39. The molecule has 0 amide bonds. The number of hydrazine groups is 1. The molecule has 5 atom stereocenters. The minimum absolute atomic E-state index is 0.433. The van der Waals surface area contributed by atoms with Crippen LogP contribution in [0.2, 0.25) is 5.02 Å². The van der Waals surface area contributed by atoms with Gasteiger partial charge >= 0.3 is 0 Å². The van der Waals surface area contributed by atoms with E-state index in [1.54, 1.807) is 6.20 Å². The molecule has 3 aliphatic heterocycles. The number of hydrogen-bond donors (Lipinski definition) is 4. The highest BCUT2D eigenvalue weighted by Crippen LogP contribution is 2.31. The van der Waals surface area contributed by atoms with Gasteiger partial charge in [-0.1, -0.05) is 11.6 Å². The third-order valence-electron chi connectivity index (χ3n) is 6.21. The first kappa shape index (κ1) is 16.1. The molecule has 1 aromatic rings. The molecule has 4 N–H and O–H groups in total. The monoisotopic (exact) mass is 363 g/mol. The highest BCUT2D eigenvalue weighted by atomic mass is 35.5. The van der Waals surface area contributed by atoms with Gasteiger partial charge in [-0.05, 0) is 38.0 Å². The molecule has 136 valence electrons. The summed E-state index contributed by atoms with van der Waals surface area (Å²) in [7, 11) is 0. The van der Waals surface area contributed by atoms with Crippen LogP contribution in [0.5, 0.6) is 0 Å². The third kappa shape index (κ3) is 3.18. The van der Waals surface area contributed by atoms with E-state index in [1.165, 1.54) is 19.3 Å². The highest BCUT2D eigenvalue weighted by Gasteiger charge is 2.35. The number of fused-ring (bicyclic) bond motifs is 3. The number of rotatable bonds is 3. The van der Waals surface area contributed by atoms with E-state index in [0.29, 0.717) is 35.1 Å². The van der Waals surface area contributed by atoms with Crippen LogP contribution >= 0.6 is 11.6 Å². The second kappa shape index (κ2) is 6.54.